The number of hydrogen-bond donors (Lipinski definition) is 1. The molecule has 4 heterocycles. The molecule has 10 heteroatoms. The van der Waals surface area contributed by atoms with E-state index in [-0.39, 0.29) is 17.7 Å². The highest BCUT2D eigenvalue weighted by Crippen LogP contribution is 2.31. The number of aryl methyl sites for hydroxylation is 1. The predicted molar refractivity (Wildman–Crippen MR) is 100 cm³/mol. The van der Waals surface area contributed by atoms with Gasteiger partial charge in [0.25, 0.3) is 0 Å². The van der Waals surface area contributed by atoms with Crippen LogP contribution < -0.4 is 5.32 Å². The lowest BCUT2D eigenvalue weighted by Gasteiger charge is -2.15. The van der Waals surface area contributed by atoms with Crippen molar-refractivity contribution >= 4 is 11.8 Å². The Morgan fingerprint density at radius 2 is 2.03 bits per heavy atom. The van der Waals surface area contributed by atoms with E-state index in [1.54, 1.807) is 10.9 Å². The molecule has 0 aliphatic carbocycles. The van der Waals surface area contributed by atoms with Gasteiger partial charge in [0.1, 0.15) is 5.82 Å². The molecule has 0 bridgehead atoms. The van der Waals surface area contributed by atoms with Gasteiger partial charge in [0.15, 0.2) is 0 Å². The van der Waals surface area contributed by atoms with E-state index < -0.39 is 11.7 Å². The highest BCUT2D eigenvalue weighted by atomic mass is 19.4. The van der Waals surface area contributed by atoms with E-state index in [0.717, 1.165) is 55.6 Å². The standard InChI is InChI=1S/C19H20F3N7/c1-28-10-13(9-25-28)11-29-7-4-14(12-29)16-3-6-24-18(26-16)27-17-8-15(2-5-23-17)19(20,21)22/h2-3,5-6,8-10,14H,4,7,11-12H2,1H3,(H,23,24,26,27)/t14-/m0/s1. The number of anilines is 2. The summed E-state index contributed by atoms with van der Waals surface area (Å²) >= 11 is 0. The second-order valence-electron chi connectivity index (χ2n) is 7.10. The molecule has 1 fully saturated rings. The maximum atomic E-state index is 12.9. The smallest absolute Gasteiger partial charge is 0.309 e. The van der Waals surface area contributed by atoms with E-state index >= 15 is 0 Å². The highest BCUT2D eigenvalue weighted by Gasteiger charge is 2.31. The summed E-state index contributed by atoms with van der Waals surface area (Å²) in [6.07, 6.45) is 3.12. The average molecular weight is 403 g/mol. The van der Waals surface area contributed by atoms with E-state index in [0.29, 0.717) is 0 Å². The third-order valence-corrected chi connectivity index (χ3v) is 4.86. The average Bonchev–Trinajstić information content (AvgIpc) is 3.31. The Balaban J connectivity index is 1.43. The van der Waals surface area contributed by atoms with Gasteiger partial charge in [0, 0.05) is 50.2 Å². The number of nitrogens with zero attached hydrogens (tertiary/aromatic N) is 6. The van der Waals surface area contributed by atoms with Gasteiger partial charge in [-0.2, -0.15) is 18.3 Å². The van der Waals surface area contributed by atoms with Crippen molar-refractivity contribution in [3.05, 3.63) is 59.8 Å². The van der Waals surface area contributed by atoms with Crippen LogP contribution in [0.3, 0.4) is 0 Å². The molecule has 1 aliphatic rings. The molecule has 3 aromatic heterocycles. The molecule has 0 unspecified atom stereocenters. The van der Waals surface area contributed by atoms with Crippen molar-refractivity contribution in [1.29, 1.82) is 0 Å². The zero-order valence-electron chi connectivity index (χ0n) is 15.8. The summed E-state index contributed by atoms with van der Waals surface area (Å²) in [6.45, 7) is 2.63. The van der Waals surface area contributed by atoms with Gasteiger partial charge in [-0.15, -0.1) is 0 Å². The molecule has 4 rings (SSSR count). The SMILES string of the molecule is Cn1cc(CN2CC[C@H](c3ccnc(Nc4cc(C(F)(F)F)ccn4)n3)C2)cn1. The molecule has 1 saturated heterocycles. The van der Waals surface area contributed by atoms with E-state index in [1.165, 1.54) is 0 Å². The Hall–Kier alpha value is -3.01. The van der Waals surface area contributed by atoms with Gasteiger partial charge < -0.3 is 5.32 Å². The number of hydrogen-bond acceptors (Lipinski definition) is 6. The molecule has 152 valence electrons. The fourth-order valence-corrected chi connectivity index (χ4v) is 3.48. The zero-order chi connectivity index (χ0) is 20.4. The zero-order valence-corrected chi connectivity index (χ0v) is 15.8. The number of alkyl halides is 3. The summed E-state index contributed by atoms with van der Waals surface area (Å²) in [7, 11) is 1.89. The molecule has 0 radical (unpaired) electrons. The Morgan fingerprint density at radius 3 is 2.79 bits per heavy atom. The van der Waals surface area contributed by atoms with E-state index in [1.807, 2.05) is 25.5 Å². The number of likely N-dealkylation sites (tertiary alicyclic amines) is 1. The molecular weight excluding hydrogens is 383 g/mol. The number of nitrogens with one attached hydrogen (secondary N) is 1. The van der Waals surface area contributed by atoms with Crippen LogP contribution in [-0.2, 0) is 19.8 Å². The minimum absolute atomic E-state index is 0.0570. The van der Waals surface area contributed by atoms with Gasteiger partial charge in [-0.25, -0.2) is 15.0 Å². The Morgan fingerprint density at radius 1 is 1.21 bits per heavy atom. The highest BCUT2D eigenvalue weighted by molar-refractivity contribution is 5.49. The van der Waals surface area contributed by atoms with Crippen LogP contribution in [0, 0.1) is 0 Å². The molecule has 1 atom stereocenters. The molecule has 29 heavy (non-hydrogen) atoms. The minimum atomic E-state index is -4.43. The van der Waals surface area contributed by atoms with Crippen LogP contribution in [0.4, 0.5) is 24.9 Å². The predicted octanol–water partition coefficient (Wildman–Crippen LogP) is 3.36. The van der Waals surface area contributed by atoms with Crippen molar-refractivity contribution in [3.8, 4) is 0 Å². The first-order chi connectivity index (χ1) is 13.9. The van der Waals surface area contributed by atoms with Crippen LogP contribution in [-0.4, -0.2) is 42.7 Å². The summed E-state index contributed by atoms with van der Waals surface area (Å²) in [5.74, 6) is 0.534. The summed E-state index contributed by atoms with van der Waals surface area (Å²) in [5, 5.41) is 6.97. The molecule has 1 aliphatic heterocycles. The largest absolute Gasteiger partial charge is 0.416 e. The molecule has 0 saturated carbocycles. The molecule has 3 aromatic rings. The van der Waals surface area contributed by atoms with Crippen molar-refractivity contribution in [2.45, 2.75) is 25.1 Å². The number of rotatable bonds is 5. The first kappa shape index (κ1) is 19.3. The van der Waals surface area contributed by atoms with Crippen LogP contribution in [0.15, 0.2) is 43.0 Å². The molecule has 0 spiro atoms. The normalized spacial score (nSPS) is 17.6. The van der Waals surface area contributed by atoms with Gasteiger partial charge >= 0.3 is 6.18 Å². The fourth-order valence-electron chi connectivity index (χ4n) is 3.48. The maximum Gasteiger partial charge on any atom is 0.416 e. The maximum absolute atomic E-state index is 12.9. The second-order valence-corrected chi connectivity index (χ2v) is 7.10. The first-order valence-electron chi connectivity index (χ1n) is 9.20. The van der Waals surface area contributed by atoms with Crippen molar-refractivity contribution < 1.29 is 13.2 Å². The first-order valence-corrected chi connectivity index (χ1v) is 9.20. The van der Waals surface area contributed by atoms with Crippen molar-refractivity contribution in [2.24, 2.45) is 7.05 Å². The van der Waals surface area contributed by atoms with Gasteiger partial charge in [-0.1, -0.05) is 0 Å². The van der Waals surface area contributed by atoms with Gasteiger partial charge in [0.2, 0.25) is 5.95 Å². The molecule has 7 nitrogen and oxygen atoms in total. The number of pyridine rings is 1. The number of aromatic nitrogens is 5. The molecule has 0 amide bonds. The van der Waals surface area contributed by atoms with Crippen LogP contribution in [0.25, 0.3) is 0 Å². The Labute approximate surface area is 165 Å². The lowest BCUT2D eigenvalue weighted by atomic mass is 10.1. The Bertz CT molecular complexity index is 986. The number of halogens is 3. The second kappa shape index (κ2) is 7.78. The quantitative estimate of drug-likeness (QED) is 0.705. The molecule has 1 N–H and O–H groups in total. The van der Waals surface area contributed by atoms with Gasteiger partial charge in [-0.3, -0.25) is 9.58 Å². The van der Waals surface area contributed by atoms with Crippen molar-refractivity contribution in [1.82, 2.24) is 29.6 Å². The van der Waals surface area contributed by atoms with Crippen molar-refractivity contribution in [2.75, 3.05) is 18.4 Å². The van der Waals surface area contributed by atoms with Gasteiger partial charge in [-0.05, 0) is 31.2 Å². The van der Waals surface area contributed by atoms with Crippen LogP contribution in [0.2, 0.25) is 0 Å². The summed E-state index contributed by atoms with van der Waals surface area (Å²) in [4.78, 5) is 14.9. The Kier molecular flexibility index (Phi) is 5.18. The monoisotopic (exact) mass is 403 g/mol. The third kappa shape index (κ3) is 4.70. The molecule has 0 aromatic carbocycles. The van der Waals surface area contributed by atoms with Crippen LogP contribution >= 0.6 is 0 Å². The lowest BCUT2D eigenvalue weighted by Crippen LogP contribution is -2.19. The van der Waals surface area contributed by atoms with Crippen LogP contribution in [0.1, 0.15) is 29.2 Å². The summed E-state index contributed by atoms with van der Waals surface area (Å²) in [5.41, 5.74) is 1.25. The van der Waals surface area contributed by atoms with Crippen LogP contribution in [0.5, 0.6) is 0 Å². The van der Waals surface area contributed by atoms with E-state index in [4.69, 9.17) is 0 Å². The summed E-state index contributed by atoms with van der Waals surface area (Å²) < 4.78 is 40.4. The topological polar surface area (TPSA) is 71.8 Å². The fraction of sp³-hybridized carbons (Fsp3) is 0.368. The molecular formula is C19H20F3N7. The minimum Gasteiger partial charge on any atom is -0.309 e. The van der Waals surface area contributed by atoms with Crippen molar-refractivity contribution in [3.63, 3.8) is 0 Å². The third-order valence-electron chi connectivity index (χ3n) is 4.86. The van der Waals surface area contributed by atoms with Gasteiger partial charge in [0.05, 0.1) is 17.5 Å². The lowest BCUT2D eigenvalue weighted by molar-refractivity contribution is -0.137. The van der Waals surface area contributed by atoms with E-state index in [2.05, 4.69) is 30.3 Å². The van der Waals surface area contributed by atoms with E-state index in [9.17, 15) is 13.2 Å². The summed E-state index contributed by atoms with van der Waals surface area (Å²) in [6, 6.07) is 3.72.